The third-order valence-corrected chi connectivity index (χ3v) is 5.61. The molecule has 30 heavy (non-hydrogen) atoms. The number of imidazole rings is 1. The molecule has 0 aliphatic rings. The molecule has 5 heteroatoms. The fourth-order valence-electron chi connectivity index (χ4n) is 3.98. The van der Waals surface area contributed by atoms with Gasteiger partial charge in [0.15, 0.2) is 0 Å². The molecule has 0 radical (unpaired) electrons. The molecule has 2 heterocycles. The van der Waals surface area contributed by atoms with Gasteiger partial charge in [0.1, 0.15) is 11.8 Å². The van der Waals surface area contributed by atoms with E-state index in [1.165, 1.54) is 0 Å². The molecule has 2 aromatic heterocycles. The molecule has 0 saturated carbocycles. The molecule has 4 aromatic rings. The van der Waals surface area contributed by atoms with Crippen LogP contribution in [0.1, 0.15) is 51.6 Å². The van der Waals surface area contributed by atoms with Crippen molar-refractivity contribution in [1.29, 1.82) is 0 Å². The lowest BCUT2D eigenvalue weighted by Crippen LogP contribution is -2.10. The highest BCUT2D eigenvalue weighted by molar-refractivity contribution is 5.96. The van der Waals surface area contributed by atoms with Crippen LogP contribution in [0.25, 0.3) is 16.8 Å². The number of carbonyl (C=O) groups is 1. The fourth-order valence-corrected chi connectivity index (χ4v) is 3.98. The summed E-state index contributed by atoms with van der Waals surface area (Å²) in [7, 11) is 0. The number of aliphatic hydroxyl groups excluding tert-OH is 1. The van der Waals surface area contributed by atoms with E-state index >= 15 is 0 Å². The van der Waals surface area contributed by atoms with Gasteiger partial charge >= 0.3 is 5.97 Å². The number of carboxylic acid groups (broad SMARTS) is 1. The van der Waals surface area contributed by atoms with E-state index in [2.05, 4.69) is 6.92 Å². The molecule has 5 nitrogen and oxygen atoms in total. The Kier molecular flexibility index (Phi) is 5.14. The van der Waals surface area contributed by atoms with Gasteiger partial charge in [-0.15, -0.1) is 0 Å². The number of rotatable bonds is 5. The van der Waals surface area contributed by atoms with E-state index in [0.29, 0.717) is 16.8 Å². The monoisotopic (exact) mass is 400 g/mol. The van der Waals surface area contributed by atoms with E-state index in [1.54, 1.807) is 18.2 Å². The molecule has 4 rings (SSSR count). The highest BCUT2D eigenvalue weighted by Gasteiger charge is 2.21. The summed E-state index contributed by atoms with van der Waals surface area (Å²) in [6.07, 6.45) is -0.175. The molecular weight excluding hydrogens is 376 g/mol. The second-order valence-corrected chi connectivity index (χ2v) is 7.48. The van der Waals surface area contributed by atoms with E-state index in [4.69, 9.17) is 4.98 Å². The Bertz CT molecular complexity index is 1240. The van der Waals surface area contributed by atoms with E-state index in [0.717, 1.165) is 34.6 Å². The first-order valence-electron chi connectivity index (χ1n) is 10.0. The van der Waals surface area contributed by atoms with Crippen LogP contribution in [-0.2, 0) is 6.42 Å². The van der Waals surface area contributed by atoms with Crippen molar-refractivity contribution in [2.45, 2.75) is 33.3 Å². The number of aryl methyl sites for hydroxylation is 3. The topological polar surface area (TPSA) is 74.8 Å². The lowest BCUT2D eigenvalue weighted by atomic mass is 9.95. The number of nitrogens with zero attached hydrogens (tertiary/aromatic N) is 2. The standard InChI is InChI=1S/C25H24N2O3/c1-4-21-16(3)27-22(13-10-15(2)24(27)26-21)23(28)18-11-12-19(20(14-18)25(29)30)17-8-6-5-7-9-17/h5-14,23,28H,4H2,1-3H3,(H,29,30). The van der Waals surface area contributed by atoms with Crippen LogP contribution in [0, 0.1) is 13.8 Å². The quantitative estimate of drug-likeness (QED) is 0.496. The van der Waals surface area contributed by atoms with E-state index in [-0.39, 0.29) is 5.56 Å². The van der Waals surface area contributed by atoms with Gasteiger partial charge in [-0.2, -0.15) is 0 Å². The number of pyridine rings is 1. The normalized spacial score (nSPS) is 12.3. The van der Waals surface area contributed by atoms with Crippen molar-refractivity contribution in [1.82, 2.24) is 9.38 Å². The zero-order valence-corrected chi connectivity index (χ0v) is 17.3. The number of aromatic nitrogens is 2. The third-order valence-electron chi connectivity index (χ3n) is 5.61. The first-order chi connectivity index (χ1) is 14.4. The molecule has 0 bridgehead atoms. The molecule has 2 aromatic carbocycles. The number of hydrogen-bond acceptors (Lipinski definition) is 3. The molecular formula is C25H24N2O3. The van der Waals surface area contributed by atoms with Crippen LogP contribution in [0.2, 0.25) is 0 Å². The average Bonchev–Trinajstić information content (AvgIpc) is 3.11. The summed E-state index contributed by atoms with van der Waals surface area (Å²) in [5.41, 5.74) is 6.64. The predicted molar refractivity (Wildman–Crippen MR) is 117 cm³/mol. The summed E-state index contributed by atoms with van der Waals surface area (Å²) >= 11 is 0. The molecule has 1 unspecified atom stereocenters. The summed E-state index contributed by atoms with van der Waals surface area (Å²) in [6.45, 7) is 6.05. The number of hydrogen-bond donors (Lipinski definition) is 2. The average molecular weight is 400 g/mol. The van der Waals surface area contributed by atoms with Gasteiger partial charge in [-0.1, -0.05) is 55.5 Å². The largest absolute Gasteiger partial charge is 0.478 e. The van der Waals surface area contributed by atoms with Crippen molar-refractivity contribution < 1.29 is 15.0 Å². The fraction of sp³-hybridized carbons (Fsp3) is 0.200. The Hall–Kier alpha value is -3.44. The van der Waals surface area contributed by atoms with Crippen LogP contribution in [0.4, 0.5) is 0 Å². The van der Waals surface area contributed by atoms with Gasteiger partial charge in [0, 0.05) is 5.69 Å². The van der Waals surface area contributed by atoms with Crippen LogP contribution < -0.4 is 0 Å². The Morgan fingerprint density at radius 3 is 2.47 bits per heavy atom. The highest BCUT2D eigenvalue weighted by Crippen LogP contribution is 2.31. The van der Waals surface area contributed by atoms with E-state index in [9.17, 15) is 15.0 Å². The summed E-state index contributed by atoms with van der Waals surface area (Å²) in [5.74, 6) is -1.02. The summed E-state index contributed by atoms with van der Waals surface area (Å²) in [4.78, 5) is 16.7. The molecule has 0 spiro atoms. The second kappa shape index (κ2) is 7.76. The Balaban J connectivity index is 1.86. The number of carboxylic acids is 1. The maximum Gasteiger partial charge on any atom is 0.336 e. The van der Waals surface area contributed by atoms with Crippen molar-refractivity contribution >= 4 is 11.6 Å². The second-order valence-electron chi connectivity index (χ2n) is 7.48. The van der Waals surface area contributed by atoms with Gasteiger partial charge in [0.05, 0.1) is 17.0 Å². The summed E-state index contributed by atoms with van der Waals surface area (Å²) in [6, 6.07) is 18.3. The minimum Gasteiger partial charge on any atom is -0.478 e. The molecule has 0 aliphatic heterocycles. The van der Waals surface area contributed by atoms with Gasteiger partial charge in [-0.3, -0.25) is 4.40 Å². The molecule has 0 amide bonds. The first-order valence-corrected chi connectivity index (χ1v) is 10.0. The number of fused-ring (bicyclic) bond motifs is 1. The van der Waals surface area contributed by atoms with E-state index in [1.807, 2.05) is 60.7 Å². The smallest absolute Gasteiger partial charge is 0.336 e. The number of aliphatic hydroxyl groups is 1. The molecule has 2 N–H and O–H groups in total. The van der Waals surface area contributed by atoms with Crippen LogP contribution in [-0.4, -0.2) is 25.6 Å². The predicted octanol–water partition coefficient (Wildman–Crippen LogP) is 4.96. The van der Waals surface area contributed by atoms with Crippen molar-refractivity contribution in [3.63, 3.8) is 0 Å². The van der Waals surface area contributed by atoms with Crippen molar-refractivity contribution in [3.05, 3.63) is 94.4 Å². The van der Waals surface area contributed by atoms with Gasteiger partial charge < -0.3 is 10.2 Å². The SMILES string of the molecule is CCc1nc2c(C)ccc(C(O)c3ccc(-c4ccccc4)c(C(=O)O)c3)n2c1C. The molecule has 0 aliphatic carbocycles. The Labute approximate surface area is 175 Å². The van der Waals surface area contributed by atoms with E-state index < -0.39 is 12.1 Å². The van der Waals surface area contributed by atoms with Gasteiger partial charge in [0.25, 0.3) is 0 Å². The Morgan fingerprint density at radius 1 is 1.07 bits per heavy atom. The third kappa shape index (κ3) is 3.27. The number of benzene rings is 2. The van der Waals surface area contributed by atoms with Crippen LogP contribution >= 0.6 is 0 Å². The molecule has 0 fully saturated rings. The van der Waals surface area contributed by atoms with Crippen LogP contribution in [0.3, 0.4) is 0 Å². The minimum absolute atomic E-state index is 0.165. The lowest BCUT2D eigenvalue weighted by Gasteiger charge is -2.17. The van der Waals surface area contributed by atoms with Crippen LogP contribution in [0.15, 0.2) is 60.7 Å². The molecule has 1 atom stereocenters. The minimum atomic E-state index is -1.02. The summed E-state index contributed by atoms with van der Waals surface area (Å²) < 4.78 is 1.98. The van der Waals surface area contributed by atoms with Crippen LogP contribution in [0.5, 0.6) is 0 Å². The Morgan fingerprint density at radius 2 is 1.80 bits per heavy atom. The van der Waals surface area contributed by atoms with Gasteiger partial charge in [-0.05, 0) is 54.7 Å². The maximum absolute atomic E-state index is 12.0. The van der Waals surface area contributed by atoms with Gasteiger partial charge in [-0.25, -0.2) is 9.78 Å². The van der Waals surface area contributed by atoms with Gasteiger partial charge in [0.2, 0.25) is 0 Å². The van der Waals surface area contributed by atoms with Crippen molar-refractivity contribution in [2.24, 2.45) is 0 Å². The zero-order valence-electron chi connectivity index (χ0n) is 17.3. The zero-order chi connectivity index (χ0) is 21.4. The van der Waals surface area contributed by atoms with Crippen molar-refractivity contribution in [2.75, 3.05) is 0 Å². The molecule has 152 valence electrons. The van der Waals surface area contributed by atoms with Crippen molar-refractivity contribution in [3.8, 4) is 11.1 Å². The lowest BCUT2D eigenvalue weighted by molar-refractivity contribution is 0.0697. The summed E-state index contributed by atoms with van der Waals surface area (Å²) in [5, 5.41) is 21.0. The maximum atomic E-state index is 12.0. The highest BCUT2D eigenvalue weighted by atomic mass is 16.4. The number of aromatic carboxylic acids is 1. The molecule has 0 saturated heterocycles. The first kappa shape index (κ1) is 19.9.